The molecule has 3 rings (SSSR count). The molecule has 2 aromatic carbocycles. The van der Waals surface area contributed by atoms with Crippen molar-refractivity contribution in [3.8, 4) is 22.7 Å². The van der Waals surface area contributed by atoms with E-state index in [2.05, 4.69) is 10.3 Å². The first-order valence-electron chi connectivity index (χ1n) is 7.62. The molecule has 0 atom stereocenters. The molecule has 3 aromatic rings. The Balaban J connectivity index is 2.03. The van der Waals surface area contributed by atoms with E-state index in [1.165, 1.54) is 35.3 Å². The average molecular weight is 378 g/mol. The summed E-state index contributed by atoms with van der Waals surface area (Å²) in [6, 6.07) is 6.81. The van der Waals surface area contributed by atoms with Crippen molar-refractivity contribution in [1.29, 1.82) is 0 Å². The molecule has 0 radical (unpaired) electrons. The van der Waals surface area contributed by atoms with Gasteiger partial charge in [0.25, 0.3) is 5.69 Å². The van der Waals surface area contributed by atoms with Crippen LogP contribution >= 0.6 is 0 Å². The molecule has 140 valence electrons. The number of alkyl halides is 3. The molecule has 2 N–H and O–H groups in total. The Hall–Kier alpha value is -3.56. The lowest BCUT2D eigenvalue weighted by Crippen LogP contribution is -2.04. The Morgan fingerprint density at radius 3 is 2.56 bits per heavy atom. The largest absolute Gasteiger partial charge is 0.507 e. The zero-order chi connectivity index (χ0) is 19.8. The Bertz CT molecular complexity index is 1010. The van der Waals surface area contributed by atoms with Crippen LogP contribution in [0.1, 0.15) is 5.56 Å². The van der Waals surface area contributed by atoms with Crippen molar-refractivity contribution < 1.29 is 23.2 Å². The third kappa shape index (κ3) is 3.54. The van der Waals surface area contributed by atoms with E-state index in [0.717, 1.165) is 12.1 Å². The van der Waals surface area contributed by atoms with Gasteiger partial charge in [-0.15, -0.1) is 0 Å². The monoisotopic (exact) mass is 378 g/mol. The number of hydrogen-bond acceptors (Lipinski definition) is 5. The molecule has 1 aromatic heterocycles. The summed E-state index contributed by atoms with van der Waals surface area (Å²) in [5, 5.41) is 23.9. The molecule has 10 heteroatoms. The van der Waals surface area contributed by atoms with Gasteiger partial charge in [0.05, 0.1) is 33.9 Å². The first kappa shape index (κ1) is 18.2. The molecule has 0 fully saturated rings. The van der Waals surface area contributed by atoms with Gasteiger partial charge in [0.2, 0.25) is 0 Å². The molecule has 0 bridgehead atoms. The number of anilines is 1. The summed E-state index contributed by atoms with van der Waals surface area (Å²) < 4.78 is 39.6. The van der Waals surface area contributed by atoms with Gasteiger partial charge in [-0.25, -0.2) is 4.98 Å². The second kappa shape index (κ2) is 6.63. The topological polar surface area (TPSA) is 93.2 Å². The number of benzene rings is 2. The van der Waals surface area contributed by atoms with E-state index in [1.54, 1.807) is 7.05 Å². The number of phenols is 1. The van der Waals surface area contributed by atoms with Crippen molar-refractivity contribution in [3.63, 3.8) is 0 Å². The molecule has 27 heavy (non-hydrogen) atoms. The minimum Gasteiger partial charge on any atom is -0.507 e. The smallest absolute Gasteiger partial charge is 0.416 e. The van der Waals surface area contributed by atoms with Crippen LogP contribution in [0.15, 0.2) is 48.9 Å². The van der Waals surface area contributed by atoms with Crippen LogP contribution in [0.3, 0.4) is 0 Å². The Morgan fingerprint density at radius 1 is 1.22 bits per heavy atom. The predicted octanol–water partition coefficient (Wildman–Crippen LogP) is 4.21. The summed E-state index contributed by atoms with van der Waals surface area (Å²) in [7, 11) is 1.64. The van der Waals surface area contributed by atoms with Crippen molar-refractivity contribution in [2.75, 3.05) is 12.4 Å². The van der Waals surface area contributed by atoms with Crippen LogP contribution in [-0.4, -0.2) is 26.6 Å². The number of nitro groups is 1. The van der Waals surface area contributed by atoms with Crippen molar-refractivity contribution in [2.24, 2.45) is 0 Å². The lowest BCUT2D eigenvalue weighted by molar-refractivity contribution is -0.384. The van der Waals surface area contributed by atoms with E-state index in [4.69, 9.17) is 0 Å². The lowest BCUT2D eigenvalue weighted by atomic mass is 10.1. The van der Waals surface area contributed by atoms with Gasteiger partial charge in [-0.2, -0.15) is 13.2 Å². The number of aromatic nitrogens is 2. The molecule has 0 aliphatic heterocycles. The van der Waals surface area contributed by atoms with Gasteiger partial charge in [0.1, 0.15) is 5.75 Å². The third-order valence-electron chi connectivity index (χ3n) is 3.92. The number of rotatable bonds is 4. The highest BCUT2D eigenvalue weighted by Gasteiger charge is 2.31. The maximum Gasteiger partial charge on any atom is 0.416 e. The van der Waals surface area contributed by atoms with Crippen LogP contribution in [0.2, 0.25) is 0 Å². The number of phenolic OH excluding ortho intramolecular Hbond substituents is 1. The van der Waals surface area contributed by atoms with E-state index in [9.17, 15) is 28.4 Å². The van der Waals surface area contributed by atoms with Gasteiger partial charge in [0, 0.05) is 30.9 Å². The van der Waals surface area contributed by atoms with Gasteiger partial charge in [-0.3, -0.25) is 10.1 Å². The highest BCUT2D eigenvalue weighted by Crippen LogP contribution is 2.36. The highest BCUT2D eigenvalue weighted by atomic mass is 19.4. The molecule has 0 saturated carbocycles. The van der Waals surface area contributed by atoms with Crippen LogP contribution in [0, 0.1) is 10.1 Å². The van der Waals surface area contributed by atoms with Crippen LogP contribution in [0.25, 0.3) is 16.9 Å². The number of nitro benzene ring substituents is 1. The Kier molecular flexibility index (Phi) is 4.48. The quantitative estimate of drug-likeness (QED) is 0.524. The summed E-state index contributed by atoms with van der Waals surface area (Å²) in [5.41, 5.74) is 0.238. The molecular formula is C17H13F3N4O3. The van der Waals surface area contributed by atoms with Crippen molar-refractivity contribution >= 4 is 11.4 Å². The van der Waals surface area contributed by atoms with Crippen LogP contribution in [-0.2, 0) is 6.18 Å². The Labute approximate surface area is 150 Å². The first-order valence-corrected chi connectivity index (χ1v) is 7.62. The van der Waals surface area contributed by atoms with Gasteiger partial charge in [-0.05, 0) is 24.3 Å². The highest BCUT2D eigenvalue weighted by molar-refractivity contribution is 5.69. The van der Waals surface area contributed by atoms with Crippen molar-refractivity contribution in [1.82, 2.24) is 9.55 Å². The van der Waals surface area contributed by atoms with Crippen LogP contribution in [0.4, 0.5) is 24.5 Å². The summed E-state index contributed by atoms with van der Waals surface area (Å²) >= 11 is 0. The van der Waals surface area contributed by atoms with E-state index in [-0.39, 0.29) is 16.9 Å². The van der Waals surface area contributed by atoms with Crippen molar-refractivity contribution in [2.45, 2.75) is 6.18 Å². The second-order valence-corrected chi connectivity index (χ2v) is 5.60. The van der Waals surface area contributed by atoms with Crippen LogP contribution in [0.5, 0.6) is 5.75 Å². The number of non-ortho nitro benzene ring substituents is 1. The minimum absolute atomic E-state index is 0.109. The van der Waals surface area contributed by atoms with Gasteiger partial charge >= 0.3 is 6.18 Å². The SMILES string of the molecule is CNc1ccc([N+](=O)[O-])cc1-n1cnc(-c2ccc(C(F)(F)F)cc2O)c1. The number of halogens is 3. The molecule has 0 spiro atoms. The molecule has 7 nitrogen and oxygen atoms in total. The lowest BCUT2D eigenvalue weighted by Gasteiger charge is -2.10. The molecule has 0 unspecified atom stereocenters. The standard InChI is InChI=1S/C17H13F3N4O3/c1-21-13-5-3-11(24(26)27)7-15(13)23-8-14(22-9-23)12-4-2-10(6-16(12)25)17(18,19)20/h2-9,21,25H,1H3. The van der Waals surface area contributed by atoms with Gasteiger partial charge in [0.15, 0.2) is 0 Å². The van der Waals surface area contributed by atoms with Crippen molar-refractivity contribution in [3.05, 3.63) is 64.6 Å². The fourth-order valence-electron chi connectivity index (χ4n) is 2.58. The van der Waals surface area contributed by atoms with Crippen LogP contribution < -0.4 is 5.32 Å². The maximum absolute atomic E-state index is 12.7. The zero-order valence-corrected chi connectivity index (χ0v) is 13.9. The summed E-state index contributed by atoms with van der Waals surface area (Å²) in [5.74, 6) is -0.567. The van der Waals surface area contributed by atoms with Gasteiger partial charge in [-0.1, -0.05) is 0 Å². The average Bonchev–Trinajstić information content (AvgIpc) is 3.09. The minimum atomic E-state index is -4.57. The number of imidazole rings is 1. The first-order chi connectivity index (χ1) is 12.7. The van der Waals surface area contributed by atoms with E-state index in [0.29, 0.717) is 17.4 Å². The third-order valence-corrected chi connectivity index (χ3v) is 3.92. The molecule has 0 saturated heterocycles. The Morgan fingerprint density at radius 2 is 1.96 bits per heavy atom. The number of nitrogens with zero attached hydrogens (tertiary/aromatic N) is 3. The normalized spacial score (nSPS) is 11.4. The number of nitrogens with one attached hydrogen (secondary N) is 1. The molecule has 1 heterocycles. The van der Waals surface area contributed by atoms with Gasteiger partial charge < -0.3 is 15.0 Å². The summed E-state index contributed by atoms with van der Waals surface area (Å²) in [4.78, 5) is 14.6. The molecule has 0 aliphatic carbocycles. The fraction of sp³-hybridized carbons (Fsp3) is 0.118. The zero-order valence-electron chi connectivity index (χ0n) is 13.9. The number of hydrogen-bond donors (Lipinski definition) is 2. The predicted molar refractivity (Wildman–Crippen MR) is 91.9 cm³/mol. The van der Waals surface area contributed by atoms with E-state index >= 15 is 0 Å². The summed E-state index contributed by atoms with van der Waals surface area (Å²) in [6.07, 6.45) is -1.76. The molecule has 0 amide bonds. The molecule has 0 aliphatic rings. The number of aromatic hydroxyl groups is 1. The van der Waals surface area contributed by atoms with E-state index in [1.807, 2.05) is 0 Å². The molecular weight excluding hydrogens is 365 g/mol. The second-order valence-electron chi connectivity index (χ2n) is 5.60. The maximum atomic E-state index is 12.7. The summed E-state index contributed by atoms with van der Waals surface area (Å²) in [6.45, 7) is 0. The fourth-order valence-corrected chi connectivity index (χ4v) is 2.58. The van der Waals surface area contributed by atoms with E-state index < -0.39 is 22.4 Å².